The zero-order chi connectivity index (χ0) is 19.6. The van der Waals surface area contributed by atoms with Crippen LogP contribution in [-0.2, 0) is 6.42 Å². The number of benzene rings is 2. The van der Waals surface area contributed by atoms with Gasteiger partial charge in [-0.25, -0.2) is 0 Å². The van der Waals surface area contributed by atoms with E-state index in [4.69, 9.17) is 0 Å². The third kappa shape index (κ3) is 4.54. The maximum atomic E-state index is 10.4. The first-order valence-corrected chi connectivity index (χ1v) is 9.44. The highest BCUT2D eigenvalue weighted by Gasteiger charge is 2.33. The molecule has 2 aromatic carbocycles. The summed E-state index contributed by atoms with van der Waals surface area (Å²) in [6.45, 7) is 6.81. The predicted molar refractivity (Wildman–Crippen MR) is 111 cm³/mol. The van der Waals surface area contributed by atoms with E-state index in [1.807, 2.05) is 24.3 Å². The summed E-state index contributed by atoms with van der Waals surface area (Å²) in [5.74, 6) is 0.807. The molecule has 0 saturated heterocycles. The van der Waals surface area contributed by atoms with Crippen LogP contribution in [0.3, 0.4) is 0 Å². The number of phenols is 3. The topological polar surface area (TPSA) is 60.7 Å². The Morgan fingerprint density at radius 1 is 0.963 bits per heavy atom. The second-order valence-electron chi connectivity index (χ2n) is 8.24. The van der Waals surface area contributed by atoms with Crippen molar-refractivity contribution in [2.24, 2.45) is 11.3 Å². The van der Waals surface area contributed by atoms with Crippen molar-refractivity contribution in [3.05, 3.63) is 64.7 Å². The molecule has 0 unspecified atom stereocenters. The normalized spacial score (nSPS) is 19.2. The van der Waals surface area contributed by atoms with Gasteiger partial charge in [0.1, 0.15) is 17.2 Å². The molecule has 3 N–H and O–H groups in total. The first kappa shape index (κ1) is 19.1. The summed E-state index contributed by atoms with van der Waals surface area (Å²) in [5, 5.41) is 29.6. The molecule has 0 heterocycles. The first-order chi connectivity index (χ1) is 12.7. The van der Waals surface area contributed by atoms with Gasteiger partial charge in [0.25, 0.3) is 0 Å². The molecule has 27 heavy (non-hydrogen) atoms. The summed E-state index contributed by atoms with van der Waals surface area (Å²) in [4.78, 5) is 0. The molecule has 0 amide bonds. The Labute approximate surface area is 161 Å². The lowest BCUT2D eigenvalue weighted by atomic mass is 9.66. The van der Waals surface area contributed by atoms with Crippen LogP contribution >= 0.6 is 0 Å². The second-order valence-corrected chi connectivity index (χ2v) is 8.24. The van der Waals surface area contributed by atoms with Crippen LogP contribution in [0.2, 0.25) is 0 Å². The molecule has 1 aliphatic rings. The summed E-state index contributed by atoms with van der Waals surface area (Å²) >= 11 is 0. The van der Waals surface area contributed by atoms with Gasteiger partial charge in [-0.05, 0) is 78.5 Å². The monoisotopic (exact) mass is 364 g/mol. The standard InChI is InChI=1S/C24H28O3/c1-16-5-4-10-24(2,3)22(16)14-19-11-17(8-9-23(19)27)6-7-18-12-20(25)15-21(26)13-18/h5-9,11-13,15,22,25-27H,4,10,14H2,1-3H3/b7-6+/t22-/m1/s1. The van der Waals surface area contributed by atoms with Crippen LogP contribution in [0, 0.1) is 11.3 Å². The summed E-state index contributed by atoms with van der Waals surface area (Å²) in [5.41, 5.74) is 4.26. The van der Waals surface area contributed by atoms with E-state index < -0.39 is 0 Å². The van der Waals surface area contributed by atoms with Crippen molar-refractivity contribution in [3.63, 3.8) is 0 Å². The van der Waals surface area contributed by atoms with Crippen LogP contribution in [0.1, 0.15) is 50.3 Å². The van der Waals surface area contributed by atoms with E-state index in [9.17, 15) is 15.3 Å². The molecule has 3 nitrogen and oxygen atoms in total. The molecule has 0 radical (unpaired) electrons. The van der Waals surface area contributed by atoms with Gasteiger partial charge in [-0.1, -0.05) is 43.7 Å². The molecule has 0 aromatic heterocycles. The first-order valence-electron chi connectivity index (χ1n) is 9.44. The Morgan fingerprint density at radius 3 is 2.30 bits per heavy atom. The van der Waals surface area contributed by atoms with Gasteiger partial charge in [0.05, 0.1) is 0 Å². The van der Waals surface area contributed by atoms with Crippen molar-refractivity contribution in [2.75, 3.05) is 0 Å². The summed E-state index contributed by atoms with van der Waals surface area (Å²) in [6, 6.07) is 10.1. The molecular formula is C24H28O3. The number of hydrogen-bond donors (Lipinski definition) is 3. The zero-order valence-electron chi connectivity index (χ0n) is 16.2. The van der Waals surface area contributed by atoms with Crippen LogP contribution in [0.5, 0.6) is 17.2 Å². The van der Waals surface area contributed by atoms with Gasteiger partial charge in [0.2, 0.25) is 0 Å². The van der Waals surface area contributed by atoms with Gasteiger partial charge >= 0.3 is 0 Å². The summed E-state index contributed by atoms with van der Waals surface area (Å²) in [7, 11) is 0. The van der Waals surface area contributed by atoms with E-state index >= 15 is 0 Å². The molecule has 2 aromatic rings. The molecule has 1 aliphatic carbocycles. The Hall–Kier alpha value is -2.68. The molecule has 3 rings (SSSR count). The van der Waals surface area contributed by atoms with Crippen molar-refractivity contribution >= 4 is 12.2 Å². The average Bonchev–Trinajstić information content (AvgIpc) is 2.57. The molecule has 0 bridgehead atoms. The molecule has 3 heteroatoms. The van der Waals surface area contributed by atoms with Crippen molar-refractivity contribution in [1.29, 1.82) is 0 Å². The van der Waals surface area contributed by atoms with Crippen LogP contribution in [0.4, 0.5) is 0 Å². The number of hydrogen-bond acceptors (Lipinski definition) is 3. The zero-order valence-corrected chi connectivity index (χ0v) is 16.2. The van der Waals surface area contributed by atoms with Gasteiger partial charge < -0.3 is 15.3 Å². The van der Waals surface area contributed by atoms with Crippen LogP contribution < -0.4 is 0 Å². The van der Waals surface area contributed by atoms with Gasteiger partial charge in [0, 0.05) is 6.07 Å². The van der Waals surface area contributed by atoms with Crippen LogP contribution in [0.25, 0.3) is 12.2 Å². The Morgan fingerprint density at radius 2 is 1.63 bits per heavy atom. The van der Waals surface area contributed by atoms with E-state index in [1.165, 1.54) is 11.6 Å². The lowest BCUT2D eigenvalue weighted by Crippen LogP contribution is -2.29. The second kappa shape index (κ2) is 7.51. The Kier molecular flexibility index (Phi) is 5.31. The quantitative estimate of drug-likeness (QED) is 0.468. The lowest BCUT2D eigenvalue weighted by molar-refractivity contribution is 0.212. The van der Waals surface area contributed by atoms with E-state index in [2.05, 4.69) is 26.8 Å². The highest BCUT2D eigenvalue weighted by atomic mass is 16.3. The molecule has 0 spiro atoms. The molecular weight excluding hydrogens is 336 g/mol. The van der Waals surface area contributed by atoms with E-state index in [0.717, 1.165) is 30.4 Å². The maximum Gasteiger partial charge on any atom is 0.119 e. The van der Waals surface area contributed by atoms with Gasteiger partial charge in [-0.2, -0.15) is 0 Å². The molecule has 1 atom stereocenters. The molecule has 0 saturated carbocycles. The fourth-order valence-electron chi connectivity index (χ4n) is 4.04. The fourth-order valence-corrected chi connectivity index (χ4v) is 4.04. The fraction of sp³-hybridized carbons (Fsp3) is 0.333. The highest BCUT2D eigenvalue weighted by molar-refractivity contribution is 5.71. The minimum absolute atomic E-state index is 0.0304. The summed E-state index contributed by atoms with van der Waals surface area (Å²) < 4.78 is 0. The Balaban J connectivity index is 1.85. The van der Waals surface area contributed by atoms with E-state index in [0.29, 0.717) is 17.2 Å². The van der Waals surface area contributed by atoms with E-state index in [1.54, 1.807) is 18.2 Å². The number of rotatable bonds is 4. The smallest absolute Gasteiger partial charge is 0.119 e. The van der Waals surface area contributed by atoms with Crippen LogP contribution in [-0.4, -0.2) is 15.3 Å². The van der Waals surface area contributed by atoms with Crippen LogP contribution in [0.15, 0.2) is 48.0 Å². The third-order valence-electron chi connectivity index (χ3n) is 5.67. The maximum absolute atomic E-state index is 10.4. The predicted octanol–water partition coefficient (Wildman–Crippen LogP) is 5.90. The van der Waals surface area contributed by atoms with E-state index in [-0.39, 0.29) is 16.9 Å². The minimum atomic E-state index is 0.0304. The molecule has 0 aliphatic heterocycles. The number of phenolic OH excluding ortho intramolecular Hbond substituents is 3. The van der Waals surface area contributed by atoms with Crippen molar-refractivity contribution in [2.45, 2.75) is 40.0 Å². The third-order valence-corrected chi connectivity index (χ3v) is 5.67. The number of aromatic hydroxyl groups is 3. The minimum Gasteiger partial charge on any atom is -0.508 e. The molecule has 142 valence electrons. The Bertz CT molecular complexity index is 870. The van der Waals surface area contributed by atoms with Gasteiger partial charge in [-0.15, -0.1) is 0 Å². The van der Waals surface area contributed by atoms with Crippen molar-refractivity contribution in [1.82, 2.24) is 0 Å². The summed E-state index contributed by atoms with van der Waals surface area (Å²) in [6.07, 6.45) is 9.19. The largest absolute Gasteiger partial charge is 0.508 e. The van der Waals surface area contributed by atoms with Crippen molar-refractivity contribution < 1.29 is 15.3 Å². The number of allylic oxidation sites excluding steroid dienone is 2. The van der Waals surface area contributed by atoms with Crippen molar-refractivity contribution in [3.8, 4) is 17.2 Å². The van der Waals surface area contributed by atoms with Gasteiger partial charge in [0.15, 0.2) is 0 Å². The average molecular weight is 364 g/mol. The molecule has 0 fully saturated rings. The van der Waals surface area contributed by atoms with Gasteiger partial charge in [-0.3, -0.25) is 0 Å². The SMILES string of the molecule is CC1=CCCC(C)(C)[C@@H]1Cc1cc(/C=C/c2cc(O)cc(O)c2)ccc1O. The highest BCUT2D eigenvalue weighted by Crippen LogP contribution is 2.43. The lowest BCUT2D eigenvalue weighted by Gasteiger charge is -2.38.